The largest absolute Gasteiger partial charge is 0.480 e. The van der Waals surface area contributed by atoms with E-state index in [1.165, 1.54) is 21.1 Å². The van der Waals surface area contributed by atoms with Gasteiger partial charge in [0, 0.05) is 19.3 Å². The van der Waals surface area contributed by atoms with Crippen LogP contribution in [0.25, 0.3) is 11.3 Å². The van der Waals surface area contributed by atoms with Gasteiger partial charge in [-0.1, -0.05) is 0 Å². The molecule has 0 fully saturated rings. The molecule has 0 radical (unpaired) electrons. The van der Waals surface area contributed by atoms with E-state index >= 15 is 0 Å². The molecule has 2 rings (SSSR count). The molecule has 2 aromatic rings. The molecule has 0 spiro atoms. The Balaban J connectivity index is 1.97. The van der Waals surface area contributed by atoms with Crippen molar-refractivity contribution in [2.45, 2.75) is 13.7 Å². The second kappa shape index (κ2) is 8.08. The summed E-state index contributed by atoms with van der Waals surface area (Å²) in [6.45, 7) is 2.17. The topological polar surface area (TPSA) is 97.6 Å². The highest BCUT2D eigenvalue weighted by Crippen LogP contribution is 2.27. The van der Waals surface area contributed by atoms with Crippen LogP contribution in [0.3, 0.4) is 0 Å². The third-order valence-electron chi connectivity index (χ3n) is 2.79. The predicted molar refractivity (Wildman–Crippen MR) is 78.9 cm³/mol. The van der Waals surface area contributed by atoms with Crippen LogP contribution >= 0.6 is 0 Å². The van der Waals surface area contributed by atoms with Gasteiger partial charge in [0.05, 0.1) is 38.4 Å². The molecule has 23 heavy (non-hydrogen) atoms. The Bertz CT molecular complexity index is 658. The van der Waals surface area contributed by atoms with Crippen LogP contribution in [0, 0.1) is 0 Å². The van der Waals surface area contributed by atoms with E-state index in [4.69, 9.17) is 18.9 Å². The third-order valence-corrected chi connectivity index (χ3v) is 2.79. The highest BCUT2D eigenvalue weighted by atomic mass is 16.6. The van der Waals surface area contributed by atoms with Crippen LogP contribution in [0.4, 0.5) is 0 Å². The molecule has 0 amide bonds. The van der Waals surface area contributed by atoms with Crippen LogP contribution in [-0.4, -0.2) is 52.9 Å². The van der Waals surface area contributed by atoms with Gasteiger partial charge in [-0.15, -0.1) is 0 Å². The zero-order chi connectivity index (χ0) is 16.7. The lowest BCUT2D eigenvalue weighted by Crippen LogP contribution is -2.09. The Hall–Kier alpha value is -2.68. The smallest absolute Gasteiger partial charge is 0.319 e. The van der Waals surface area contributed by atoms with Crippen LogP contribution < -0.4 is 9.47 Å². The quantitative estimate of drug-likeness (QED) is 0.522. The molecule has 0 atom stereocenters. The van der Waals surface area contributed by atoms with Gasteiger partial charge in [0.2, 0.25) is 5.88 Å². The molecule has 0 aliphatic rings. The van der Waals surface area contributed by atoms with E-state index in [-0.39, 0.29) is 25.3 Å². The summed E-state index contributed by atoms with van der Waals surface area (Å²) in [5.74, 6) is 0.0444. The number of methoxy groups -OCH3 is 2. The van der Waals surface area contributed by atoms with Gasteiger partial charge in [-0.25, -0.2) is 9.97 Å². The molecule has 0 unspecified atom stereocenters. The molecule has 2 heterocycles. The molecule has 9 heteroatoms. The first-order valence-electron chi connectivity index (χ1n) is 6.82. The first-order chi connectivity index (χ1) is 11.1. The average molecular weight is 322 g/mol. The molecule has 124 valence electrons. The van der Waals surface area contributed by atoms with Gasteiger partial charge < -0.3 is 23.5 Å². The number of hydrogen-bond donors (Lipinski definition) is 0. The van der Waals surface area contributed by atoms with E-state index in [9.17, 15) is 4.79 Å². The molecular weight excluding hydrogens is 304 g/mol. The number of ether oxygens (including phenoxy) is 4. The molecule has 0 aliphatic heterocycles. The summed E-state index contributed by atoms with van der Waals surface area (Å²) in [6.07, 6.45) is 4.98. The fraction of sp³-hybridized carbons (Fsp3) is 0.429. The Labute approximate surface area is 133 Å². The summed E-state index contributed by atoms with van der Waals surface area (Å²) in [6, 6.07) is 0.221. The summed E-state index contributed by atoms with van der Waals surface area (Å²) < 4.78 is 22.1. The Morgan fingerprint density at radius 1 is 1.22 bits per heavy atom. The Morgan fingerprint density at radius 3 is 2.74 bits per heavy atom. The Kier molecular flexibility index (Phi) is 5.87. The lowest BCUT2D eigenvalue weighted by Gasteiger charge is -2.06. The number of imidazole rings is 1. The molecule has 9 nitrogen and oxygen atoms in total. The van der Waals surface area contributed by atoms with E-state index in [2.05, 4.69) is 15.0 Å². The highest BCUT2D eigenvalue weighted by Gasteiger charge is 2.12. The predicted octanol–water partition coefficient (Wildman–Crippen LogP) is 0.894. The van der Waals surface area contributed by atoms with Crippen LogP contribution in [0.15, 0.2) is 18.7 Å². The maximum absolute atomic E-state index is 10.6. The van der Waals surface area contributed by atoms with E-state index in [1.807, 2.05) is 0 Å². The minimum absolute atomic E-state index is 0.219. The first kappa shape index (κ1) is 16.7. The number of carbonyl (C=O) groups is 1. The van der Waals surface area contributed by atoms with Gasteiger partial charge in [0.15, 0.2) is 0 Å². The number of nitrogens with zero attached hydrogens (tertiary/aromatic N) is 4. The number of esters is 1. The summed E-state index contributed by atoms with van der Waals surface area (Å²) in [7, 11) is 3.00. The van der Waals surface area contributed by atoms with Crippen molar-refractivity contribution >= 4 is 5.97 Å². The summed E-state index contributed by atoms with van der Waals surface area (Å²) in [5, 5.41) is 0. The van der Waals surface area contributed by atoms with Gasteiger partial charge in [-0.3, -0.25) is 4.79 Å². The molecule has 0 saturated heterocycles. The fourth-order valence-electron chi connectivity index (χ4n) is 1.76. The summed E-state index contributed by atoms with van der Waals surface area (Å²) >= 11 is 0. The molecule has 0 saturated carbocycles. The van der Waals surface area contributed by atoms with Crippen molar-refractivity contribution in [2.24, 2.45) is 0 Å². The van der Waals surface area contributed by atoms with Gasteiger partial charge >= 0.3 is 12.0 Å². The zero-order valence-electron chi connectivity index (χ0n) is 13.2. The summed E-state index contributed by atoms with van der Waals surface area (Å²) in [4.78, 5) is 23.1. The van der Waals surface area contributed by atoms with Crippen LogP contribution in [0.1, 0.15) is 6.92 Å². The number of carbonyl (C=O) groups excluding carboxylic acids is 1. The number of hydrogen-bond acceptors (Lipinski definition) is 8. The van der Waals surface area contributed by atoms with Gasteiger partial charge in [0.25, 0.3) is 0 Å². The van der Waals surface area contributed by atoms with Crippen molar-refractivity contribution in [3.05, 3.63) is 18.7 Å². The van der Waals surface area contributed by atoms with E-state index in [0.29, 0.717) is 23.7 Å². The standard InChI is InChI=1S/C14H18N4O5/c1-10(19)23-5-4-22-9-18-7-12(16-8-18)11-6-15-14(21-3)17-13(11)20-2/h6-8H,4-5,9H2,1-3H3. The number of rotatable bonds is 8. The lowest BCUT2D eigenvalue weighted by molar-refractivity contribution is -0.142. The van der Waals surface area contributed by atoms with Crippen molar-refractivity contribution in [3.8, 4) is 23.1 Å². The van der Waals surface area contributed by atoms with Gasteiger partial charge in [-0.05, 0) is 0 Å². The average Bonchev–Trinajstić information content (AvgIpc) is 3.02. The third kappa shape index (κ3) is 4.65. The molecule has 0 aliphatic carbocycles. The lowest BCUT2D eigenvalue weighted by atomic mass is 10.2. The van der Waals surface area contributed by atoms with E-state index < -0.39 is 0 Å². The molecule has 0 N–H and O–H groups in total. The minimum Gasteiger partial charge on any atom is -0.480 e. The minimum atomic E-state index is -0.329. The monoisotopic (exact) mass is 322 g/mol. The van der Waals surface area contributed by atoms with Crippen molar-refractivity contribution in [2.75, 3.05) is 27.4 Å². The van der Waals surface area contributed by atoms with Gasteiger partial charge in [0.1, 0.15) is 13.3 Å². The molecule has 0 aromatic carbocycles. The maximum atomic E-state index is 10.6. The van der Waals surface area contributed by atoms with Crippen LogP contribution in [-0.2, 0) is 21.0 Å². The van der Waals surface area contributed by atoms with E-state index in [1.54, 1.807) is 23.3 Å². The van der Waals surface area contributed by atoms with Gasteiger partial charge in [-0.2, -0.15) is 4.98 Å². The van der Waals surface area contributed by atoms with Crippen molar-refractivity contribution in [3.63, 3.8) is 0 Å². The van der Waals surface area contributed by atoms with E-state index in [0.717, 1.165) is 0 Å². The van der Waals surface area contributed by atoms with Crippen LogP contribution in [0.2, 0.25) is 0 Å². The number of aromatic nitrogens is 4. The highest BCUT2D eigenvalue weighted by molar-refractivity contribution is 5.65. The SMILES string of the molecule is COc1ncc(-c2cn(COCCOC(C)=O)cn2)c(OC)n1. The zero-order valence-corrected chi connectivity index (χ0v) is 13.2. The van der Waals surface area contributed by atoms with Crippen molar-refractivity contribution < 1.29 is 23.7 Å². The maximum Gasteiger partial charge on any atom is 0.319 e. The molecule has 2 aromatic heterocycles. The van der Waals surface area contributed by atoms with Crippen molar-refractivity contribution in [1.29, 1.82) is 0 Å². The molecule has 0 bridgehead atoms. The van der Waals surface area contributed by atoms with Crippen LogP contribution in [0.5, 0.6) is 11.9 Å². The second-order valence-corrected chi connectivity index (χ2v) is 4.43. The fourth-order valence-corrected chi connectivity index (χ4v) is 1.76. The second-order valence-electron chi connectivity index (χ2n) is 4.43. The summed E-state index contributed by atoms with van der Waals surface area (Å²) in [5.41, 5.74) is 1.29. The first-order valence-corrected chi connectivity index (χ1v) is 6.82. The van der Waals surface area contributed by atoms with Crippen molar-refractivity contribution in [1.82, 2.24) is 19.5 Å². The normalized spacial score (nSPS) is 10.4. The molecular formula is C14H18N4O5. The Morgan fingerprint density at radius 2 is 2.04 bits per heavy atom.